The quantitative estimate of drug-likeness (QED) is 0.399. The van der Waals surface area contributed by atoms with Crippen LogP contribution in [0.25, 0.3) is 0 Å². The van der Waals surface area contributed by atoms with Gasteiger partial charge >= 0.3 is 8.60 Å². The Balaban J connectivity index is 1.77. The predicted octanol–water partition coefficient (Wildman–Crippen LogP) is 4.97. The Bertz CT molecular complexity index is 330. The molecule has 21 heavy (non-hydrogen) atoms. The van der Waals surface area contributed by atoms with E-state index >= 15 is 0 Å². The highest BCUT2D eigenvalue weighted by molar-refractivity contribution is 7.39. The maximum Gasteiger partial charge on any atom is 0.327 e. The lowest BCUT2D eigenvalue weighted by Crippen LogP contribution is -1.89. The van der Waals surface area contributed by atoms with Crippen molar-refractivity contribution in [2.24, 2.45) is 0 Å². The molecular weight excluding hydrogens is 283 g/mol. The van der Waals surface area contributed by atoms with Crippen LogP contribution >= 0.6 is 8.60 Å². The number of hydrogen-bond acceptors (Lipinski definition) is 3. The van der Waals surface area contributed by atoms with Crippen LogP contribution in [-0.2, 0) is 10.9 Å². The minimum absolute atomic E-state index is 0.470. The molecule has 0 radical (unpaired) electrons. The minimum Gasteiger partial charge on any atom is -0.328 e. The average Bonchev–Trinajstić information content (AvgIpc) is 2.49. The van der Waals surface area contributed by atoms with E-state index in [0.717, 1.165) is 12.8 Å². The second-order valence-electron chi connectivity index (χ2n) is 5.50. The number of rotatable bonds is 13. The molecule has 2 N–H and O–H groups in total. The van der Waals surface area contributed by atoms with Gasteiger partial charge in [-0.15, -0.1) is 0 Å². The third kappa shape index (κ3) is 11.8. The lowest BCUT2D eigenvalue weighted by Gasteiger charge is -2.04. The fourth-order valence-corrected chi connectivity index (χ4v) is 2.75. The largest absolute Gasteiger partial charge is 0.328 e. The van der Waals surface area contributed by atoms with Crippen molar-refractivity contribution < 1.29 is 14.3 Å². The predicted molar refractivity (Wildman–Crippen MR) is 89.0 cm³/mol. The summed E-state index contributed by atoms with van der Waals surface area (Å²) < 4.78 is 4.73. The summed E-state index contributed by atoms with van der Waals surface area (Å²) in [4.78, 5) is 17.1. The molecule has 1 aromatic carbocycles. The number of aryl methyl sites for hydroxylation is 1. The highest BCUT2D eigenvalue weighted by atomic mass is 31.2. The Morgan fingerprint density at radius 1 is 0.714 bits per heavy atom. The zero-order valence-electron chi connectivity index (χ0n) is 12.9. The van der Waals surface area contributed by atoms with E-state index in [1.54, 1.807) is 0 Å². The molecule has 0 heterocycles. The summed E-state index contributed by atoms with van der Waals surface area (Å²) in [6, 6.07) is 10.7. The Labute approximate surface area is 130 Å². The second-order valence-corrected chi connectivity index (χ2v) is 6.27. The van der Waals surface area contributed by atoms with Crippen molar-refractivity contribution >= 4 is 8.60 Å². The van der Waals surface area contributed by atoms with E-state index in [0.29, 0.717) is 6.61 Å². The SMILES string of the molecule is OP(O)OCCCCCCCCCCCc1ccccc1. The Hall–Kier alpha value is -0.470. The molecule has 0 aliphatic carbocycles. The summed E-state index contributed by atoms with van der Waals surface area (Å²) in [5, 5.41) is 0. The van der Waals surface area contributed by atoms with E-state index in [1.807, 2.05) is 0 Å². The van der Waals surface area contributed by atoms with Crippen LogP contribution in [0.4, 0.5) is 0 Å². The van der Waals surface area contributed by atoms with Crippen LogP contribution in [-0.4, -0.2) is 16.4 Å². The van der Waals surface area contributed by atoms with Crippen LogP contribution < -0.4 is 0 Å². The summed E-state index contributed by atoms with van der Waals surface area (Å²) in [6.45, 7) is 0.470. The molecule has 4 heteroatoms. The minimum atomic E-state index is -2.15. The molecule has 0 amide bonds. The van der Waals surface area contributed by atoms with Gasteiger partial charge in [0.1, 0.15) is 0 Å². The fourth-order valence-electron chi connectivity index (χ4n) is 2.46. The molecule has 0 aliphatic rings. The molecule has 0 saturated carbocycles. The number of unbranched alkanes of at least 4 members (excludes halogenated alkanes) is 8. The molecule has 3 nitrogen and oxygen atoms in total. The molecular formula is C17H29O3P. The molecule has 0 unspecified atom stereocenters. The first-order valence-corrected chi connectivity index (χ1v) is 9.30. The van der Waals surface area contributed by atoms with Crippen molar-refractivity contribution in [3.8, 4) is 0 Å². The van der Waals surface area contributed by atoms with Crippen LogP contribution in [0.15, 0.2) is 30.3 Å². The van der Waals surface area contributed by atoms with E-state index in [-0.39, 0.29) is 0 Å². The van der Waals surface area contributed by atoms with E-state index in [2.05, 4.69) is 30.3 Å². The van der Waals surface area contributed by atoms with Crippen molar-refractivity contribution in [2.45, 2.75) is 64.2 Å². The standard InChI is InChI=1S/C17H29O3P/c18-21(19)20-16-12-7-5-3-1-2-4-6-9-13-17-14-10-8-11-15-17/h8,10-11,14-15,18-19H,1-7,9,12-13,16H2. The van der Waals surface area contributed by atoms with Gasteiger partial charge in [-0.2, -0.15) is 0 Å². The first-order chi connectivity index (χ1) is 10.3. The molecule has 0 bridgehead atoms. The van der Waals surface area contributed by atoms with Gasteiger partial charge in [0.25, 0.3) is 0 Å². The smallest absolute Gasteiger partial charge is 0.327 e. The zero-order valence-corrected chi connectivity index (χ0v) is 13.8. The van der Waals surface area contributed by atoms with Gasteiger partial charge in [-0.05, 0) is 24.8 Å². The molecule has 0 fully saturated rings. The van der Waals surface area contributed by atoms with Crippen molar-refractivity contribution in [2.75, 3.05) is 6.61 Å². The Morgan fingerprint density at radius 3 is 1.81 bits per heavy atom. The topological polar surface area (TPSA) is 49.7 Å². The van der Waals surface area contributed by atoms with Gasteiger partial charge in [0, 0.05) is 0 Å². The highest BCUT2D eigenvalue weighted by Gasteiger charge is 1.98. The molecule has 0 saturated heterocycles. The molecule has 0 aromatic heterocycles. The van der Waals surface area contributed by atoms with E-state index < -0.39 is 8.60 Å². The molecule has 0 spiro atoms. The van der Waals surface area contributed by atoms with Gasteiger partial charge in [0.2, 0.25) is 0 Å². The van der Waals surface area contributed by atoms with Gasteiger partial charge in [0.15, 0.2) is 0 Å². The second kappa shape index (κ2) is 13.2. The molecule has 0 aliphatic heterocycles. The van der Waals surface area contributed by atoms with E-state index in [9.17, 15) is 0 Å². The monoisotopic (exact) mass is 312 g/mol. The van der Waals surface area contributed by atoms with Crippen molar-refractivity contribution in [3.05, 3.63) is 35.9 Å². The van der Waals surface area contributed by atoms with Gasteiger partial charge in [-0.1, -0.05) is 75.3 Å². The lowest BCUT2D eigenvalue weighted by molar-refractivity contribution is 0.248. The zero-order chi connectivity index (χ0) is 15.2. The first kappa shape index (κ1) is 18.6. The maximum absolute atomic E-state index is 8.57. The first-order valence-electron chi connectivity index (χ1n) is 8.14. The Kier molecular flexibility index (Phi) is 11.7. The van der Waals surface area contributed by atoms with Gasteiger partial charge in [-0.3, -0.25) is 0 Å². The summed E-state index contributed by atoms with van der Waals surface area (Å²) >= 11 is 0. The summed E-state index contributed by atoms with van der Waals surface area (Å²) in [6.07, 6.45) is 12.4. The summed E-state index contributed by atoms with van der Waals surface area (Å²) in [5.74, 6) is 0. The van der Waals surface area contributed by atoms with Gasteiger partial charge < -0.3 is 14.3 Å². The lowest BCUT2D eigenvalue weighted by atomic mass is 10.0. The van der Waals surface area contributed by atoms with Crippen molar-refractivity contribution in [1.29, 1.82) is 0 Å². The van der Waals surface area contributed by atoms with E-state index in [1.165, 1.54) is 56.9 Å². The molecule has 120 valence electrons. The normalized spacial score (nSPS) is 11.2. The van der Waals surface area contributed by atoms with Crippen LogP contribution in [0, 0.1) is 0 Å². The van der Waals surface area contributed by atoms with Crippen LogP contribution in [0.5, 0.6) is 0 Å². The molecule has 0 atom stereocenters. The van der Waals surface area contributed by atoms with Crippen LogP contribution in [0.3, 0.4) is 0 Å². The average molecular weight is 312 g/mol. The number of benzene rings is 1. The third-order valence-electron chi connectivity index (χ3n) is 3.66. The van der Waals surface area contributed by atoms with Gasteiger partial charge in [0.05, 0.1) is 6.61 Å². The molecule has 1 aromatic rings. The highest BCUT2D eigenvalue weighted by Crippen LogP contribution is 2.24. The third-order valence-corrected chi connectivity index (χ3v) is 4.07. The summed E-state index contributed by atoms with van der Waals surface area (Å²) in [5.41, 5.74) is 1.45. The number of hydrogen-bond donors (Lipinski definition) is 2. The fraction of sp³-hybridized carbons (Fsp3) is 0.647. The summed E-state index contributed by atoms with van der Waals surface area (Å²) in [7, 11) is -2.15. The Morgan fingerprint density at radius 2 is 1.24 bits per heavy atom. The van der Waals surface area contributed by atoms with Crippen molar-refractivity contribution in [1.82, 2.24) is 0 Å². The maximum atomic E-state index is 8.57. The van der Waals surface area contributed by atoms with Gasteiger partial charge in [-0.25, -0.2) is 0 Å². The van der Waals surface area contributed by atoms with Crippen LogP contribution in [0.1, 0.15) is 63.4 Å². The molecule has 1 rings (SSSR count). The van der Waals surface area contributed by atoms with Crippen molar-refractivity contribution in [3.63, 3.8) is 0 Å². The van der Waals surface area contributed by atoms with Crippen LogP contribution in [0.2, 0.25) is 0 Å². The van der Waals surface area contributed by atoms with E-state index in [4.69, 9.17) is 14.3 Å².